The van der Waals surface area contributed by atoms with Crippen molar-refractivity contribution in [1.29, 1.82) is 0 Å². The number of hydrogen-bond donors (Lipinski definition) is 2. The van der Waals surface area contributed by atoms with E-state index in [0.717, 1.165) is 31.6 Å². The first kappa shape index (κ1) is 13.2. The van der Waals surface area contributed by atoms with Gasteiger partial charge in [0, 0.05) is 17.6 Å². The average Bonchev–Trinajstić information content (AvgIpc) is 3.05. The summed E-state index contributed by atoms with van der Waals surface area (Å²) in [6, 6.07) is 0. The molecule has 2 rings (SSSR count). The molecule has 0 spiro atoms. The molecular formula is C12H22N2O2S. The second-order valence-corrected chi connectivity index (χ2v) is 6.30. The van der Waals surface area contributed by atoms with Crippen LogP contribution < -0.4 is 11.1 Å². The first-order valence-corrected chi connectivity index (χ1v) is 7.37. The Balaban J connectivity index is 1.95. The number of thioether (sulfide) groups is 1. The third-order valence-electron chi connectivity index (χ3n) is 3.99. The topological polar surface area (TPSA) is 64.3 Å². The molecule has 5 heteroatoms. The van der Waals surface area contributed by atoms with Crippen LogP contribution in [0.2, 0.25) is 0 Å². The molecule has 1 amide bonds. The number of nitrogens with one attached hydrogen (secondary N) is 1. The maximum atomic E-state index is 11.7. The molecular weight excluding hydrogens is 236 g/mol. The standard InChI is InChI=1S/C12H22N2O2S/c1-8-10(5-6-16-8)17-7-12(14-2,11(13)15)9-3-4-9/h8-10,14H,3-7H2,1-2H3,(H2,13,15). The first-order chi connectivity index (χ1) is 8.10. The van der Waals surface area contributed by atoms with Gasteiger partial charge in [0.15, 0.2) is 0 Å². The lowest BCUT2D eigenvalue weighted by Crippen LogP contribution is -2.58. The van der Waals surface area contributed by atoms with Crippen LogP contribution in [0, 0.1) is 5.92 Å². The minimum absolute atomic E-state index is 0.207. The van der Waals surface area contributed by atoms with Crippen molar-refractivity contribution in [2.45, 2.75) is 43.1 Å². The van der Waals surface area contributed by atoms with Gasteiger partial charge in [0.2, 0.25) is 5.91 Å². The molecule has 0 aromatic rings. The number of rotatable bonds is 6. The lowest BCUT2D eigenvalue weighted by atomic mass is 9.95. The van der Waals surface area contributed by atoms with Gasteiger partial charge in [0.25, 0.3) is 0 Å². The van der Waals surface area contributed by atoms with E-state index in [2.05, 4.69) is 12.2 Å². The van der Waals surface area contributed by atoms with Gasteiger partial charge >= 0.3 is 0 Å². The van der Waals surface area contributed by atoms with E-state index in [4.69, 9.17) is 10.5 Å². The van der Waals surface area contributed by atoms with Crippen molar-refractivity contribution < 1.29 is 9.53 Å². The number of primary amides is 1. The molecule has 2 aliphatic rings. The highest BCUT2D eigenvalue weighted by atomic mass is 32.2. The van der Waals surface area contributed by atoms with Gasteiger partial charge in [-0.1, -0.05) is 0 Å². The van der Waals surface area contributed by atoms with E-state index < -0.39 is 5.54 Å². The number of carbonyl (C=O) groups excluding carboxylic acids is 1. The molecule has 3 unspecified atom stereocenters. The summed E-state index contributed by atoms with van der Waals surface area (Å²) in [4.78, 5) is 11.7. The van der Waals surface area contributed by atoms with Crippen LogP contribution in [0.25, 0.3) is 0 Å². The Morgan fingerprint density at radius 3 is 2.65 bits per heavy atom. The molecule has 0 bridgehead atoms. The highest BCUT2D eigenvalue weighted by Crippen LogP contribution is 2.42. The van der Waals surface area contributed by atoms with Crippen LogP contribution in [0.4, 0.5) is 0 Å². The Morgan fingerprint density at radius 2 is 2.24 bits per heavy atom. The lowest BCUT2D eigenvalue weighted by Gasteiger charge is -2.31. The second-order valence-electron chi connectivity index (χ2n) is 5.07. The smallest absolute Gasteiger partial charge is 0.238 e. The number of carbonyl (C=O) groups is 1. The first-order valence-electron chi connectivity index (χ1n) is 6.32. The fourth-order valence-electron chi connectivity index (χ4n) is 2.54. The predicted octanol–water partition coefficient (Wildman–Crippen LogP) is 0.750. The van der Waals surface area contributed by atoms with Crippen LogP contribution >= 0.6 is 11.8 Å². The van der Waals surface area contributed by atoms with Crippen LogP contribution in [0.3, 0.4) is 0 Å². The largest absolute Gasteiger partial charge is 0.377 e. The molecule has 1 aliphatic heterocycles. The third-order valence-corrected chi connectivity index (χ3v) is 5.66. The normalized spacial score (nSPS) is 32.4. The number of likely N-dealkylation sites (N-methyl/N-ethyl adjacent to an activating group) is 1. The average molecular weight is 258 g/mol. The molecule has 3 atom stereocenters. The summed E-state index contributed by atoms with van der Waals surface area (Å²) in [5.74, 6) is 0.985. The van der Waals surface area contributed by atoms with Crippen molar-refractivity contribution in [1.82, 2.24) is 5.32 Å². The Bertz CT molecular complexity index is 296. The molecule has 0 aromatic heterocycles. The van der Waals surface area contributed by atoms with Gasteiger partial charge in [0.1, 0.15) is 5.54 Å². The van der Waals surface area contributed by atoms with Gasteiger partial charge in [-0.15, -0.1) is 0 Å². The molecule has 1 heterocycles. The van der Waals surface area contributed by atoms with Crippen molar-refractivity contribution in [3.05, 3.63) is 0 Å². The minimum Gasteiger partial charge on any atom is -0.377 e. The molecule has 4 nitrogen and oxygen atoms in total. The SMILES string of the molecule is CNC(CSC1CCOC1C)(C(N)=O)C1CC1. The molecule has 2 fully saturated rings. The molecule has 0 radical (unpaired) electrons. The minimum atomic E-state index is -0.507. The van der Waals surface area contributed by atoms with Gasteiger partial charge in [-0.2, -0.15) is 11.8 Å². The summed E-state index contributed by atoms with van der Waals surface area (Å²) >= 11 is 1.83. The molecule has 1 aliphatic carbocycles. The zero-order valence-corrected chi connectivity index (χ0v) is 11.4. The molecule has 1 saturated carbocycles. The van der Waals surface area contributed by atoms with Gasteiger partial charge < -0.3 is 15.8 Å². The van der Waals surface area contributed by atoms with Crippen molar-refractivity contribution in [3.63, 3.8) is 0 Å². The molecule has 98 valence electrons. The fraction of sp³-hybridized carbons (Fsp3) is 0.917. The van der Waals surface area contributed by atoms with E-state index in [1.165, 1.54) is 0 Å². The van der Waals surface area contributed by atoms with Crippen molar-refractivity contribution >= 4 is 17.7 Å². The molecule has 17 heavy (non-hydrogen) atoms. The van der Waals surface area contributed by atoms with Crippen LogP contribution in [0.1, 0.15) is 26.2 Å². The van der Waals surface area contributed by atoms with Gasteiger partial charge in [-0.05, 0) is 39.2 Å². The zero-order valence-electron chi connectivity index (χ0n) is 10.6. The van der Waals surface area contributed by atoms with Crippen molar-refractivity contribution in [2.75, 3.05) is 19.4 Å². The number of hydrogen-bond acceptors (Lipinski definition) is 4. The lowest BCUT2D eigenvalue weighted by molar-refractivity contribution is -0.124. The summed E-state index contributed by atoms with van der Waals surface area (Å²) in [5.41, 5.74) is 5.09. The van der Waals surface area contributed by atoms with E-state index in [0.29, 0.717) is 17.3 Å². The Labute approximate surface area is 107 Å². The third kappa shape index (κ3) is 2.61. The van der Waals surface area contributed by atoms with Gasteiger partial charge in [0.05, 0.1) is 6.10 Å². The highest BCUT2D eigenvalue weighted by molar-refractivity contribution is 8.00. The molecule has 0 aromatic carbocycles. The van der Waals surface area contributed by atoms with E-state index in [9.17, 15) is 4.79 Å². The summed E-state index contributed by atoms with van der Waals surface area (Å²) < 4.78 is 5.54. The van der Waals surface area contributed by atoms with Crippen LogP contribution in [-0.2, 0) is 9.53 Å². The van der Waals surface area contributed by atoms with Crippen molar-refractivity contribution in [2.24, 2.45) is 11.7 Å². The predicted molar refractivity (Wildman–Crippen MR) is 70.0 cm³/mol. The highest BCUT2D eigenvalue weighted by Gasteiger charge is 2.49. The van der Waals surface area contributed by atoms with Gasteiger partial charge in [-0.3, -0.25) is 4.79 Å². The summed E-state index contributed by atoms with van der Waals surface area (Å²) in [7, 11) is 1.85. The molecule has 1 saturated heterocycles. The summed E-state index contributed by atoms with van der Waals surface area (Å²) in [5, 5.41) is 3.68. The van der Waals surface area contributed by atoms with Crippen molar-refractivity contribution in [3.8, 4) is 0 Å². The number of ether oxygens (including phenoxy) is 1. The van der Waals surface area contributed by atoms with Crippen LogP contribution in [-0.4, -0.2) is 42.2 Å². The second kappa shape index (κ2) is 5.16. The molecule has 3 N–H and O–H groups in total. The maximum absolute atomic E-state index is 11.7. The Hall–Kier alpha value is -0.260. The Kier molecular flexibility index (Phi) is 4.00. The Morgan fingerprint density at radius 1 is 1.53 bits per heavy atom. The fourth-order valence-corrected chi connectivity index (χ4v) is 4.15. The van der Waals surface area contributed by atoms with Gasteiger partial charge in [-0.25, -0.2) is 0 Å². The van der Waals surface area contributed by atoms with Crippen LogP contribution in [0.15, 0.2) is 0 Å². The number of nitrogens with two attached hydrogens (primary N) is 1. The van der Waals surface area contributed by atoms with E-state index in [-0.39, 0.29) is 5.91 Å². The quantitative estimate of drug-likeness (QED) is 0.738. The maximum Gasteiger partial charge on any atom is 0.238 e. The van der Waals surface area contributed by atoms with E-state index in [1.807, 2.05) is 18.8 Å². The van der Waals surface area contributed by atoms with Crippen LogP contribution in [0.5, 0.6) is 0 Å². The monoisotopic (exact) mass is 258 g/mol. The van der Waals surface area contributed by atoms with E-state index >= 15 is 0 Å². The number of amides is 1. The zero-order chi connectivity index (χ0) is 12.5. The summed E-state index contributed by atoms with van der Waals surface area (Å²) in [6.07, 6.45) is 3.60. The van der Waals surface area contributed by atoms with E-state index in [1.54, 1.807) is 0 Å². The summed E-state index contributed by atoms with van der Waals surface area (Å²) in [6.45, 7) is 2.94.